The van der Waals surface area contributed by atoms with Crippen molar-refractivity contribution in [3.8, 4) is 5.75 Å². The number of primary amides is 1. The number of hydrogen-bond donors (Lipinski definition) is 2. The molecule has 0 aromatic heterocycles. The monoisotopic (exact) mass is 338 g/mol. The lowest BCUT2D eigenvalue weighted by molar-refractivity contribution is -0.138. The van der Waals surface area contributed by atoms with Crippen LogP contribution in [0.3, 0.4) is 0 Å². The quantitative estimate of drug-likeness (QED) is 0.816. The Morgan fingerprint density at radius 2 is 1.71 bits per heavy atom. The topological polar surface area (TPSA) is 64.4 Å². The number of carbonyl (C=O) groups excluding carboxylic acids is 1. The summed E-state index contributed by atoms with van der Waals surface area (Å²) in [4.78, 5) is 10.6. The number of rotatable bonds is 7. The lowest BCUT2D eigenvalue weighted by Gasteiger charge is -2.13. The van der Waals surface area contributed by atoms with Gasteiger partial charge >= 0.3 is 6.18 Å². The van der Waals surface area contributed by atoms with Crippen molar-refractivity contribution in [2.75, 3.05) is 6.61 Å². The summed E-state index contributed by atoms with van der Waals surface area (Å²) in [6.45, 7) is 0.309. The first-order valence-electron chi connectivity index (χ1n) is 7.22. The van der Waals surface area contributed by atoms with Gasteiger partial charge in [-0.15, -0.1) is 0 Å². The summed E-state index contributed by atoms with van der Waals surface area (Å²) < 4.78 is 43.8. The maximum atomic E-state index is 12.9. The zero-order chi connectivity index (χ0) is 17.6. The highest BCUT2D eigenvalue weighted by atomic mass is 19.4. The van der Waals surface area contributed by atoms with Crippen LogP contribution in [-0.2, 0) is 24.1 Å². The van der Waals surface area contributed by atoms with E-state index in [9.17, 15) is 18.0 Å². The molecule has 0 radical (unpaired) electrons. The number of hydrogen-bond acceptors (Lipinski definition) is 3. The van der Waals surface area contributed by atoms with E-state index in [4.69, 9.17) is 10.5 Å². The number of ether oxygens (including phenoxy) is 1. The van der Waals surface area contributed by atoms with E-state index in [-0.39, 0.29) is 18.7 Å². The lowest BCUT2D eigenvalue weighted by Crippen LogP contribution is -2.20. The Hall–Kier alpha value is -2.54. The number of benzene rings is 2. The summed E-state index contributed by atoms with van der Waals surface area (Å²) >= 11 is 0. The van der Waals surface area contributed by atoms with Gasteiger partial charge in [0.1, 0.15) is 5.75 Å². The molecule has 24 heavy (non-hydrogen) atoms. The SMILES string of the molecule is NC(=O)COc1ccc(CNCc2ccccc2C(F)(F)F)cc1. The average Bonchev–Trinajstić information content (AvgIpc) is 2.53. The smallest absolute Gasteiger partial charge is 0.416 e. The Kier molecular flexibility index (Phi) is 5.81. The second kappa shape index (κ2) is 7.83. The number of carbonyl (C=O) groups is 1. The summed E-state index contributed by atoms with van der Waals surface area (Å²) in [5.41, 5.74) is 5.43. The first-order chi connectivity index (χ1) is 11.4. The molecular weight excluding hydrogens is 321 g/mol. The molecule has 0 heterocycles. The molecule has 0 saturated heterocycles. The molecular formula is C17H17F3N2O2. The van der Waals surface area contributed by atoms with Crippen LogP contribution in [0.5, 0.6) is 5.75 Å². The van der Waals surface area contributed by atoms with Gasteiger partial charge in [0.15, 0.2) is 6.61 Å². The maximum Gasteiger partial charge on any atom is 0.416 e. The minimum atomic E-state index is -4.36. The van der Waals surface area contributed by atoms with E-state index < -0.39 is 17.6 Å². The van der Waals surface area contributed by atoms with E-state index in [1.165, 1.54) is 12.1 Å². The third-order valence-corrected chi connectivity index (χ3v) is 3.27. The van der Waals surface area contributed by atoms with Crippen molar-refractivity contribution in [1.82, 2.24) is 5.32 Å². The Bertz CT molecular complexity index is 685. The van der Waals surface area contributed by atoms with Crippen molar-refractivity contribution in [2.45, 2.75) is 19.3 Å². The normalized spacial score (nSPS) is 11.3. The summed E-state index contributed by atoms with van der Waals surface area (Å²) in [7, 11) is 0. The van der Waals surface area contributed by atoms with Crippen LogP contribution in [0.2, 0.25) is 0 Å². The fourth-order valence-corrected chi connectivity index (χ4v) is 2.15. The van der Waals surface area contributed by atoms with Crippen molar-refractivity contribution in [3.05, 3.63) is 65.2 Å². The van der Waals surface area contributed by atoms with Gasteiger partial charge in [0.2, 0.25) is 0 Å². The van der Waals surface area contributed by atoms with Crippen molar-refractivity contribution >= 4 is 5.91 Å². The molecule has 0 saturated carbocycles. The number of amides is 1. The average molecular weight is 338 g/mol. The van der Waals surface area contributed by atoms with Gasteiger partial charge in [-0.25, -0.2) is 0 Å². The molecule has 0 spiro atoms. The molecule has 0 fully saturated rings. The molecule has 128 valence electrons. The van der Waals surface area contributed by atoms with E-state index in [1.807, 2.05) is 0 Å². The molecule has 2 aromatic carbocycles. The van der Waals surface area contributed by atoms with E-state index in [0.717, 1.165) is 11.6 Å². The Labute approximate surface area is 137 Å². The molecule has 1 amide bonds. The van der Waals surface area contributed by atoms with Crippen LogP contribution in [0.25, 0.3) is 0 Å². The van der Waals surface area contributed by atoms with Crippen LogP contribution in [-0.4, -0.2) is 12.5 Å². The zero-order valence-electron chi connectivity index (χ0n) is 12.8. The van der Waals surface area contributed by atoms with E-state index in [0.29, 0.717) is 12.3 Å². The van der Waals surface area contributed by atoms with E-state index >= 15 is 0 Å². The predicted octanol–water partition coefficient (Wildman–Crippen LogP) is 2.86. The first-order valence-corrected chi connectivity index (χ1v) is 7.22. The first kappa shape index (κ1) is 17.8. The number of nitrogens with one attached hydrogen (secondary N) is 1. The molecule has 2 aromatic rings. The lowest BCUT2D eigenvalue weighted by atomic mass is 10.1. The number of nitrogens with two attached hydrogens (primary N) is 1. The third-order valence-electron chi connectivity index (χ3n) is 3.27. The molecule has 0 bridgehead atoms. The Balaban J connectivity index is 1.90. The molecule has 7 heteroatoms. The molecule has 3 N–H and O–H groups in total. The second-order valence-corrected chi connectivity index (χ2v) is 5.16. The Morgan fingerprint density at radius 3 is 2.33 bits per heavy atom. The zero-order valence-corrected chi connectivity index (χ0v) is 12.8. The van der Waals surface area contributed by atoms with Gasteiger partial charge in [0.05, 0.1) is 5.56 Å². The van der Waals surface area contributed by atoms with Crippen LogP contribution >= 0.6 is 0 Å². The summed E-state index contributed by atoms with van der Waals surface area (Å²) in [5, 5.41) is 2.99. The van der Waals surface area contributed by atoms with Gasteiger partial charge in [-0.1, -0.05) is 30.3 Å². The number of halogens is 3. The van der Waals surface area contributed by atoms with Gasteiger partial charge in [-0.05, 0) is 29.3 Å². The fraction of sp³-hybridized carbons (Fsp3) is 0.235. The van der Waals surface area contributed by atoms with Crippen LogP contribution in [0.1, 0.15) is 16.7 Å². The van der Waals surface area contributed by atoms with Gasteiger partial charge < -0.3 is 15.8 Å². The fourth-order valence-electron chi connectivity index (χ4n) is 2.15. The van der Waals surface area contributed by atoms with Crippen LogP contribution in [0.15, 0.2) is 48.5 Å². The highest BCUT2D eigenvalue weighted by Crippen LogP contribution is 2.31. The van der Waals surface area contributed by atoms with Crippen molar-refractivity contribution < 1.29 is 22.7 Å². The van der Waals surface area contributed by atoms with Gasteiger partial charge in [0, 0.05) is 13.1 Å². The van der Waals surface area contributed by atoms with E-state index in [2.05, 4.69) is 5.32 Å². The van der Waals surface area contributed by atoms with Crippen molar-refractivity contribution in [3.63, 3.8) is 0 Å². The van der Waals surface area contributed by atoms with Gasteiger partial charge in [0.25, 0.3) is 5.91 Å². The van der Waals surface area contributed by atoms with Crippen molar-refractivity contribution in [2.24, 2.45) is 5.73 Å². The van der Waals surface area contributed by atoms with Crippen LogP contribution in [0, 0.1) is 0 Å². The summed E-state index contributed by atoms with van der Waals surface area (Å²) in [6.07, 6.45) is -4.36. The minimum absolute atomic E-state index is 0.107. The van der Waals surface area contributed by atoms with Gasteiger partial charge in [-0.2, -0.15) is 13.2 Å². The minimum Gasteiger partial charge on any atom is -0.484 e. The molecule has 4 nitrogen and oxygen atoms in total. The number of alkyl halides is 3. The molecule has 0 aliphatic heterocycles. The van der Waals surface area contributed by atoms with Crippen LogP contribution < -0.4 is 15.8 Å². The maximum absolute atomic E-state index is 12.9. The Morgan fingerprint density at radius 1 is 1.04 bits per heavy atom. The molecule has 0 aliphatic rings. The molecule has 0 atom stereocenters. The summed E-state index contributed by atoms with van der Waals surface area (Å²) in [5.74, 6) is -0.0657. The second-order valence-electron chi connectivity index (χ2n) is 5.16. The highest BCUT2D eigenvalue weighted by molar-refractivity contribution is 5.75. The highest BCUT2D eigenvalue weighted by Gasteiger charge is 2.32. The predicted molar refractivity (Wildman–Crippen MR) is 83.1 cm³/mol. The molecule has 0 unspecified atom stereocenters. The summed E-state index contributed by atoms with van der Waals surface area (Å²) in [6, 6.07) is 12.3. The third kappa shape index (κ3) is 5.27. The van der Waals surface area contributed by atoms with Crippen molar-refractivity contribution in [1.29, 1.82) is 0 Å². The molecule has 2 rings (SSSR count). The van der Waals surface area contributed by atoms with Crippen LogP contribution in [0.4, 0.5) is 13.2 Å². The van der Waals surface area contributed by atoms with E-state index in [1.54, 1.807) is 30.3 Å². The van der Waals surface area contributed by atoms with Gasteiger partial charge in [-0.3, -0.25) is 4.79 Å². The standard InChI is InChI=1S/C17H17F3N2O2/c18-17(19,20)15-4-2-1-3-13(15)10-22-9-12-5-7-14(8-6-12)24-11-16(21)23/h1-8,22H,9-11H2,(H2,21,23). The molecule has 0 aliphatic carbocycles. The largest absolute Gasteiger partial charge is 0.484 e.